The maximum absolute atomic E-state index is 11.4. The zero-order chi connectivity index (χ0) is 11.5. The first-order valence-corrected chi connectivity index (χ1v) is 8.25. The van der Waals surface area contributed by atoms with Crippen molar-refractivity contribution in [3.05, 3.63) is 0 Å². The van der Waals surface area contributed by atoms with E-state index < -0.39 is 9.84 Å². The molecule has 0 radical (unpaired) electrons. The molecule has 0 aliphatic carbocycles. The van der Waals surface area contributed by atoms with Gasteiger partial charge in [0.05, 0.1) is 5.75 Å². The van der Waals surface area contributed by atoms with E-state index in [9.17, 15) is 8.42 Å². The van der Waals surface area contributed by atoms with Gasteiger partial charge in [-0.1, -0.05) is 29.8 Å². The molecule has 90 valence electrons. The van der Waals surface area contributed by atoms with Gasteiger partial charge < -0.3 is 4.90 Å². The van der Waals surface area contributed by atoms with Crippen LogP contribution >= 0.6 is 15.9 Å². The summed E-state index contributed by atoms with van der Waals surface area (Å²) in [4.78, 5) is 2.85. The van der Waals surface area contributed by atoms with Gasteiger partial charge in [-0.25, -0.2) is 8.42 Å². The summed E-state index contributed by atoms with van der Waals surface area (Å²) in [5, 5.41) is 0. The van der Waals surface area contributed by atoms with Gasteiger partial charge in [0.2, 0.25) is 0 Å². The number of piperidine rings is 1. The molecule has 2 unspecified atom stereocenters. The Morgan fingerprint density at radius 3 is 2.67 bits per heavy atom. The smallest absolute Gasteiger partial charge is 0.151 e. The molecule has 0 spiro atoms. The lowest BCUT2D eigenvalue weighted by Gasteiger charge is -2.34. The second kappa shape index (κ2) is 5.64. The predicted octanol–water partition coefficient (Wildman–Crippen LogP) is 1.53. The summed E-state index contributed by atoms with van der Waals surface area (Å²) in [6.45, 7) is 6.64. The van der Waals surface area contributed by atoms with Crippen molar-refractivity contribution in [3.8, 4) is 0 Å². The Morgan fingerprint density at radius 2 is 2.13 bits per heavy atom. The summed E-state index contributed by atoms with van der Waals surface area (Å²) < 4.78 is 22.7. The van der Waals surface area contributed by atoms with Gasteiger partial charge in [-0.3, -0.25) is 0 Å². The van der Waals surface area contributed by atoms with Crippen LogP contribution in [0.2, 0.25) is 0 Å². The van der Waals surface area contributed by atoms with Crippen molar-refractivity contribution in [2.75, 3.05) is 31.1 Å². The van der Waals surface area contributed by atoms with Gasteiger partial charge in [-0.15, -0.1) is 0 Å². The largest absolute Gasteiger partial charge is 0.302 e. The maximum atomic E-state index is 11.4. The molecule has 1 fully saturated rings. The van der Waals surface area contributed by atoms with Crippen molar-refractivity contribution in [1.82, 2.24) is 4.90 Å². The van der Waals surface area contributed by atoms with Crippen LogP contribution in [0.15, 0.2) is 0 Å². The molecular weight excluding hydrogens is 278 g/mol. The van der Waals surface area contributed by atoms with E-state index in [0.29, 0.717) is 23.0 Å². The molecule has 0 bridgehead atoms. The fourth-order valence-corrected chi connectivity index (χ4v) is 3.02. The van der Waals surface area contributed by atoms with Crippen molar-refractivity contribution in [2.24, 2.45) is 5.92 Å². The Balaban J connectivity index is 2.35. The van der Waals surface area contributed by atoms with Crippen LogP contribution in [0.5, 0.6) is 0 Å². The molecule has 1 heterocycles. The van der Waals surface area contributed by atoms with Crippen LogP contribution in [0.1, 0.15) is 20.3 Å². The molecular formula is C10H20BrNO2S. The molecule has 0 saturated carbocycles. The zero-order valence-electron chi connectivity index (χ0n) is 9.45. The van der Waals surface area contributed by atoms with Gasteiger partial charge in [-0.2, -0.15) is 0 Å². The second-order valence-electron chi connectivity index (χ2n) is 4.32. The highest BCUT2D eigenvalue weighted by molar-refractivity contribution is 9.09. The molecule has 3 nitrogen and oxygen atoms in total. The van der Waals surface area contributed by atoms with E-state index in [1.165, 1.54) is 0 Å². The van der Waals surface area contributed by atoms with Crippen LogP contribution in [0.25, 0.3) is 0 Å². The highest BCUT2D eigenvalue weighted by atomic mass is 79.9. The molecule has 0 aromatic heterocycles. The van der Waals surface area contributed by atoms with Crippen LogP contribution in [0.4, 0.5) is 0 Å². The fourth-order valence-electron chi connectivity index (χ4n) is 1.82. The first-order valence-electron chi connectivity index (χ1n) is 5.51. The number of halogens is 1. The summed E-state index contributed by atoms with van der Waals surface area (Å²) in [6.07, 6.45) is 1.12. The second-order valence-corrected chi connectivity index (χ2v) is 7.97. The molecule has 0 aromatic rings. The molecule has 1 aliphatic rings. The lowest BCUT2D eigenvalue weighted by atomic mass is 10.0. The summed E-state index contributed by atoms with van der Waals surface area (Å²) in [5.74, 6) is 1.18. The van der Waals surface area contributed by atoms with Crippen LogP contribution in [0.3, 0.4) is 0 Å². The van der Waals surface area contributed by atoms with Crippen molar-refractivity contribution in [2.45, 2.75) is 25.1 Å². The average Bonchev–Trinajstić information content (AvgIpc) is 2.20. The highest BCUT2D eigenvalue weighted by Crippen LogP contribution is 2.22. The molecule has 0 aromatic carbocycles. The first-order chi connectivity index (χ1) is 6.94. The molecule has 2 atom stereocenters. The van der Waals surface area contributed by atoms with E-state index in [2.05, 4.69) is 27.8 Å². The molecule has 0 amide bonds. The number of likely N-dealkylation sites (tertiary alicyclic amines) is 1. The SMILES string of the molecule is CCS(=O)(=O)CCN1CCC(Br)C(C)C1. The minimum Gasteiger partial charge on any atom is -0.302 e. The van der Waals surface area contributed by atoms with Crippen LogP contribution < -0.4 is 0 Å². The van der Waals surface area contributed by atoms with Gasteiger partial charge in [0, 0.05) is 23.7 Å². The quantitative estimate of drug-likeness (QED) is 0.739. The van der Waals surface area contributed by atoms with Crippen LogP contribution in [-0.4, -0.2) is 49.3 Å². The summed E-state index contributed by atoms with van der Waals surface area (Å²) >= 11 is 3.64. The summed E-state index contributed by atoms with van der Waals surface area (Å²) in [6, 6.07) is 0. The zero-order valence-corrected chi connectivity index (χ0v) is 11.8. The topological polar surface area (TPSA) is 37.4 Å². The maximum Gasteiger partial charge on any atom is 0.151 e. The minimum atomic E-state index is -2.80. The highest BCUT2D eigenvalue weighted by Gasteiger charge is 2.24. The standard InChI is InChI=1S/C10H20BrNO2S/c1-3-15(13,14)7-6-12-5-4-10(11)9(2)8-12/h9-10H,3-8H2,1-2H3. The van der Waals surface area contributed by atoms with Crippen molar-refractivity contribution in [1.29, 1.82) is 0 Å². The van der Waals surface area contributed by atoms with Crippen LogP contribution in [0, 0.1) is 5.92 Å². The molecule has 5 heteroatoms. The summed E-state index contributed by atoms with van der Waals surface area (Å²) in [7, 11) is -2.80. The van der Waals surface area contributed by atoms with Gasteiger partial charge in [0.25, 0.3) is 0 Å². The molecule has 15 heavy (non-hydrogen) atoms. The monoisotopic (exact) mass is 297 g/mol. The van der Waals surface area contributed by atoms with Gasteiger partial charge in [-0.05, 0) is 18.9 Å². The van der Waals surface area contributed by atoms with Gasteiger partial charge in [0.1, 0.15) is 0 Å². The number of sulfone groups is 1. The van der Waals surface area contributed by atoms with E-state index in [4.69, 9.17) is 0 Å². The Morgan fingerprint density at radius 1 is 1.47 bits per heavy atom. The third-order valence-corrected chi connectivity index (χ3v) is 6.09. The van der Waals surface area contributed by atoms with E-state index in [1.54, 1.807) is 6.92 Å². The summed E-state index contributed by atoms with van der Waals surface area (Å²) in [5.41, 5.74) is 0. The normalized spacial score (nSPS) is 29.3. The molecule has 1 aliphatic heterocycles. The number of hydrogen-bond donors (Lipinski definition) is 0. The number of nitrogens with zero attached hydrogens (tertiary/aromatic N) is 1. The Hall–Kier alpha value is 0.390. The van der Waals surface area contributed by atoms with E-state index >= 15 is 0 Å². The third-order valence-electron chi connectivity index (χ3n) is 3.04. The van der Waals surface area contributed by atoms with Gasteiger partial charge >= 0.3 is 0 Å². The van der Waals surface area contributed by atoms with Gasteiger partial charge in [0.15, 0.2) is 9.84 Å². The number of rotatable bonds is 4. The van der Waals surface area contributed by atoms with E-state index in [0.717, 1.165) is 19.5 Å². The minimum absolute atomic E-state index is 0.261. The fraction of sp³-hybridized carbons (Fsp3) is 1.00. The average molecular weight is 298 g/mol. The lowest BCUT2D eigenvalue weighted by molar-refractivity contribution is 0.201. The first kappa shape index (κ1) is 13.5. The molecule has 1 rings (SSSR count). The van der Waals surface area contributed by atoms with Crippen molar-refractivity contribution < 1.29 is 8.42 Å². The third kappa shape index (κ3) is 4.41. The Bertz CT molecular complexity index is 292. The Kier molecular flexibility index (Phi) is 5.06. The van der Waals surface area contributed by atoms with E-state index in [-0.39, 0.29) is 5.75 Å². The lowest BCUT2D eigenvalue weighted by Crippen LogP contribution is -2.41. The van der Waals surface area contributed by atoms with Crippen molar-refractivity contribution in [3.63, 3.8) is 0 Å². The van der Waals surface area contributed by atoms with E-state index in [1.807, 2.05) is 0 Å². The Labute approximate surface area is 101 Å². The predicted molar refractivity (Wildman–Crippen MR) is 67.3 cm³/mol. The number of hydrogen-bond acceptors (Lipinski definition) is 3. The molecule has 0 N–H and O–H groups in total. The number of alkyl halides is 1. The molecule has 1 saturated heterocycles. The van der Waals surface area contributed by atoms with Crippen molar-refractivity contribution >= 4 is 25.8 Å². The van der Waals surface area contributed by atoms with Crippen LogP contribution in [-0.2, 0) is 9.84 Å².